The first kappa shape index (κ1) is 25.9. The van der Waals surface area contributed by atoms with E-state index in [2.05, 4.69) is 39.8 Å². The quantitative estimate of drug-likeness (QED) is 0.496. The molecule has 0 aromatic heterocycles. The van der Waals surface area contributed by atoms with Crippen LogP contribution in [0.4, 0.5) is 5.69 Å². The summed E-state index contributed by atoms with van der Waals surface area (Å²) in [6.45, 7) is 4.87. The fourth-order valence-electron chi connectivity index (χ4n) is 6.12. The Morgan fingerprint density at radius 3 is 2.59 bits per heavy atom. The highest BCUT2D eigenvalue weighted by atomic mass is 32.2. The van der Waals surface area contributed by atoms with E-state index in [9.17, 15) is 8.42 Å². The van der Waals surface area contributed by atoms with Crippen molar-refractivity contribution < 1.29 is 8.42 Å². The summed E-state index contributed by atoms with van der Waals surface area (Å²) >= 11 is 0. The molecular formula is C30H40N4O2S. The van der Waals surface area contributed by atoms with Gasteiger partial charge >= 0.3 is 0 Å². The molecule has 2 aromatic rings. The van der Waals surface area contributed by atoms with E-state index in [0.29, 0.717) is 4.90 Å². The molecule has 1 fully saturated rings. The second kappa shape index (κ2) is 10.9. The largest absolute Gasteiger partial charge is 0.401 e. The molecule has 1 aliphatic carbocycles. The van der Waals surface area contributed by atoms with Crippen molar-refractivity contribution >= 4 is 26.8 Å². The molecular weight excluding hydrogens is 480 g/mol. The molecule has 0 radical (unpaired) electrons. The van der Waals surface area contributed by atoms with Crippen LogP contribution in [0.1, 0.15) is 74.6 Å². The number of anilines is 1. The number of hydrogen-bond acceptors (Lipinski definition) is 6. The van der Waals surface area contributed by atoms with Crippen LogP contribution in [0.25, 0.3) is 11.3 Å². The van der Waals surface area contributed by atoms with Gasteiger partial charge in [0.25, 0.3) is 0 Å². The van der Waals surface area contributed by atoms with Gasteiger partial charge in [-0.05, 0) is 73.6 Å². The van der Waals surface area contributed by atoms with E-state index in [-0.39, 0.29) is 6.04 Å². The van der Waals surface area contributed by atoms with Gasteiger partial charge in [0.15, 0.2) is 9.84 Å². The molecule has 3 aliphatic rings. The smallest absolute Gasteiger partial charge is 0.175 e. The van der Waals surface area contributed by atoms with Crippen LogP contribution < -0.4 is 16.4 Å². The number of allylic oxidation sites excluding steroid dienone is 1. The number of rotatable bonds is 5. The number of benzene rings is 2. The van der Waals surface area contributed by atoms with Crippen LogP contribution in [0, 0.1) is 0 Å². The van der Waals surface area contributed by atoms with Crippen molar-refractivity contribution in [3.63, 3.8) is 0 Å². The zero-order chi connectivity index (χ0) is 26.0. The van der Waals surface area contributed by atoms with Crippen molar-refractivity contribution in [2.24, 2.45) is 5.73 Å². The van der Waals surface area contributed by atoms with Gasteiger partial charge in [-0.2, -0.15) is 0 Å². The summed E-state index contributed by atoms with van der Waals surface area (Å²) in [6.07, 6.45) is 12.4. The predicted octanol–water partition coefficient (Wildman–Crippen LogP) is 5.31. The maximum absolute atomic E-state index is 12.1. The lowest BCUT2D eigenvalue weighted by molar-refractivity contribution is 0.171. The van der Waals surface area contributed by atoms with Crippen molar-refractivity contribution in [3.05, 3.63) is 70.9 Å². The standard InChI is InChI=1S/C30H40N4O2S/c1-21(31)30-27-12-11-23(22-14-17-34(18-15-22)25-8-4-3-5-9-25)19-28(27)29(13-16-32-30)33-24-7-6-10-26(20-24)37(2,35)36/h6-7,10-12,14,19-20,25,29,32-33H,3-5,8-9,13,15-18,31H2,1-2H3/b30-21-. The van der Waals surface area contributed by atoms with Gasteiger partial charge in [-0.25, -0.2) is 8.42 Å². The fraction of sp³-hybridized carbons (Fsp3) is 0.467. The second-order valence-electron chi connectivity index (χ2n) is 10.8. The molecule has 1 atom stereocenters. The molecule has 1 unspecified atom stereocenters. The molecule has 7 heteroatoms. The molecule has 0 spiro atoms. The Kier molecular flexibility index (Phi) is 7.63. The Labute approximate surface area is 221 Å². The highest BCUT2D eigenvalue weighted by Crippen LogP contribution is 2.36. The lowest BCUT2D eigenvalue weighted by atomic mass is 9.89. The van der Waals surface area contributed by atoms with Crippen LogP contribution in [-0.2, 0) is 9.84 Å². The molecule has 6 nitrogen and oxygen atoms in total. The fourth-order valence-corrected chi connectivity index (χ4v) is 6.78. The van der Waals surface area contributed by atoms with E-state index in [1.165, 1.54) is 55.1 Å². The average molecular weight is 521 g/mol. The molecule has 2 aliphatic heterocycles. The third-order valence-corrected chi connectivity index (χ3v) is 9.24. The van der Waals surface area contributed by atoms with Gasteiger partial charge in [0, 0.05) is 48.9 Å². The third-order valence-electron chi connectivity index (χ3n) is 8.13. The maximum Gasteiger partial charge on any atom is 0.175 e. The summed E-state index contributed by atoms with van der Waals surface area (Å²) in [6, 6.07) is 14.6. The summed E-state index contributed by atoms with van der Waals surface area (Å²) in [5.74, 6) is 0. The van der Waals surface area contributed by atoms with Gasteiger partial charge in [0.1, 0.15) is 0 Å². The van der Waals surface area contributed by atoms with Gasteiger partial charge in [0.2, 0.25) is 0 Å². The second-order valence-corrected chi connectivity index (χ2v) is 12.9. The van der Waals surface area contributed by atoms with Crippen molar-refractivity contribution in [1.29, 1.82) is 0 Å². The zero-order valence-electron chi connectivity index (χ0n) is 22.1. The highest BCUT2D eigenvalue weighted by molar-refractivity contribution is 7.90. The van der Waals surface area contributed by atoms with Crippen LogP contribution in [0.15, 0.2) is 59.1 Å². The number of nitrogens with one attached hydrogen (secondary N) is 2. The molecule has 0 amide bonds. The Hall–Kier alpha value is -2.77. The Morgan fingerprint density at radius 1 is 1.08 bits per heavy atom. The van der Waals surface area contributed by atoms with Crippen LogP contribution in [0.2, 0.25) is 0 Å². The number of hydrogen-bond donors (Lipinski definition) is 3. The molecule has 0 bridgehead atoms. The Bertz CT molecular complexity index is 1300. The topological polar surface area (TPSA) is 87.5 Å². The lowest BCUT2D eigenvalue weighted by Gasteiger charge is -2.36. The van der Waals surface area contributed by atoms with Gasteiger partial charge < -0.3 is 16.4 Å². The van der Waals surface area contributed by atoms with E-state index in [4.69, 9.17) is 5.73 Å². The number of sulfone groups is 1. The van der Waals surface area contributed by atoms with Crippen LogP contribution in [0.5, 0.6) is 0 Å². The van der Waals surface area contributed by atoms with E-state index in [1.807, 2.05) is 13.0 Å². The Balaban J connectivity index is 1.45. The minimum atomic E-state index is -3.28. The molecule has 4 N–H and O–H groups in total. The molecule has 37 heavy (non-hydrogen) atoms. The molecule has 1 saturated carbocycles. The van der Waals surface area contributed by atoms with E-state index in [1.54, 1.807) is 18.2 Å². The van der Waals surface area contributed by atoms with Crippen molar-refractivity contribution in [1.82, 2.24) is 10.2 Å². The van der Waals surface area contributed by atoms with Crippen LogP contribution in [-0.4, -0.2) is 45.2 Å². The summed E-state index contributed by atoms with van der Waals surface area (Å²) in [5, 5.41) is 7.16. The molecule has 5 rings (SSSR count). The van der Waals surface area contributed by atoms with E-state index < -0.39 is 9.84 Å². The SMILES string of the molecule is C/C(N)=C1/NCCC(Nc2cccc(S(C)(=O)=O)c2)c2cc(C3=CCN(C4CCCCC4)CC3)ccc21. The number of nitrogens with two attached hydrogens (primary N) is 1. The van der Waals surface area contributed by atoms with E-state index >= 15 is 0 Å². The summed E-state index contributed by atoms with van der Waals surface area (Å²) in [5.41, 5.74) is 13.9. The third kappa shape index (κ3) is 5.88. The van der Waals surface area contributed by atoms with Gasteiger partial charge in [-0.1, -0.05) is 43.5 Å². The minimum Gasteiger partial charge on any atom is -0.401 e. The summed E-state index contributed by atoms with van der Waals surface area (Å²) in [4.78, 5) is 3.00. The van der Waals surface area contributed by atoms with Crippen LogP contribution >= 0.6 is 0 Å². The number of fused-ring (bicyclic) bond motifs is 1. The summed E-state index contributed by atoms with van der Waals surface area (Å²) in [7, 11) is -3.28. The first-order chi connectivity index (χ1) is 17.8. The zero-order valence-corrected chi connectivity index (χ0v) is 22.9. The van der Waals surface area contributed by atoms with Gasteiger partial charge in [0.05, 0.1) is 16.6 Å². The first-order valence-electron chi connectivity index (χ1n) is 13.6. The van der Waals surface area contributed by atoms with Crippen LogP contribution in [0.3, 0.4) is 0 Å². The monoisotopic (exact) mass is 520 g/mol. The summed E-state index contributed by atoms with van der Waals surface area (Å²) < 4.78 is 24.3. The molecule has 0 saturated heterocycles. The molecule has 2 aromatic carbocycles. The first-order valence-corrected chi connectivity index (χ1v) is 15.5. The highest BCUT2D eigenvalue weighted by Gasteiger charge is 2.26. The van der Waals surface area contributed by atoms with Crippen molar-refractivity contribution in [2.75, 3.05) is 31.2 Å². The molecule has 198 valence electrons. The van der Waals surface area contributed by atoms with Gasteiger partial charge in [-0.15, -0.1) is 0 Å². The Morgan fingerprint density at radius 2 is 1.89 bits per heavy atom. The lowest BCUT2D eigenvalue weighted by Crippen LogP contribution is -2.39. The normalized spacial score (nSPS) is 22.9. The van der Waals surface area contributed by atoms with E-state index in [0.717, 1.165) is 61.2 Å². The predicted molar refractivity (Wildman–Crippen MR) is 153 cm³/mol. The van der Waals surface area contributed by atoms with Gasteiger partial charge in [-0.3, -0.25) is 4.90 Å². The maximum atomic E-state index is 12.1. The minimum absolute atomic E-state index is 0.0250. The van der Waals surface area contributed by atoms with Crippen molar-refractivity contribution in [2.45, 2.75) is 68.8 Å². The van der Waals surface area contributed by atoms with Crippen molar-refractivity contribution in [3.8, 4) is 0 Å². The molecule has 2 heterocycles. The number of nitrogens with zero attached hydrogens (tertiary/aromatic N) is 1. The average Bonchev–Trinajstić information content (AvgIpc) is 3.08.